The second kappa shape index (κ2) is 6.05. The van der Waals surface area contributed by atoms with Crippen molar-refractivity contribution in [2.24, 2.45) is 0 Å². The Balaban J connectivity index is 1.81. The Kier molecular flexibility index (Phi) is 3.83. The number of nitrogens with one attached hydrogen (secondary N) is 1. The fourth-order valence-corrected chi connectivity index (χ4v) is 3.68. The van der Waals surface area contributed by atoms with Crippen molar-refractivity contribution >= 4 is 22.8 Å². The largest absolute Gasteiger partial charge is 0.369 e. The number of carbonyl (C=O) groups excluding carboxylic acids is 1. The molecule has 6 heteroatoms. The van der Waals surface area contributed by atoms with E-state index in [4.69, 9.17) is 5.73 Å². The number of pyridine rings is 1. The fourth-order valence-electron chi connectivity index (χ4n) is 3.68. The first kappa shape index (κ1) is 16.4. The Morgan fingerprint density at radius 3 is 2.58 bits per heavy atom. The average Bonchev–Trinajstić information content (AvgIpc) is 2.60. The van der Waals surface area contributed by atoms with Crippen molar-refractivity contribution in [3.63, 3.8) is 0 Å². The topological polar surface area (TPSA) is 102 Å². The number of anilines is 1. The summed E-state index contributed by atoms with van der Waals surface area (Å²) in [6, 6.07) is 8.39. The number of aromatic nitrogens is 3. The lowest BCUT2D eigenvalue weighted by molar-refractivity contribution is 0.0964. The molecule has 132 valence electrons. The molecule has 0 unspecified atom stereocenters. The van der Waals surface area contributed by atoms with Gasteiger partial charge in [-0.2, -0.15) is 4.98 Å². The zero-order chi connectivity index (χ0) is 18.4. The minimum Gasteiger partial charge on any atom is -0.369 e. The molecule has 0 fully saturated rings. The smallest absolute Gasteiger partial charge is 0.262 e. The number of benzene rings is 1. The van der Waals surface area contributed by atoms with Crippen LogP contribution in [0.4, 0.5) is 5.95 Å². The van der Waals surface area contributed by atoms with E-state index < -0.39 is 0 Å². The SMILES string of the molecule is CC(C)c1ccc([C@@H]2CC(=O)c3cnc4nc(N)[nH]c(=O)c4c3C2)cc1. The summed E-state index contributed by atoms with van der Waals surface area (Å²) >= 11 is 0. The molecule has 1 aliphatic rings. The van der Waals surface area contributed by atoms with Crippen LogP contribution in [-0.4, -0.2) is 20.7 Å². The highest BCUT2D eigenvalue weighted by Gasteiger charge is 2.29. The van der Waals surface area contributed by atoms with Gasteiger partial charge in [0.25, 0.3) is 5.56 Å². The highest BCUT2D eigenvalue weighted by atomic mass is 16.1. The normalized spacial score (nSPS) is 16.9. The molecule has 6 nitrogen and oxygen atoms in total. The van der Waals surface area contributed by atoms with Gasteiger partial charge in [0, 0.05) is 18.2 Å². The third-order valence-electron chi connectivity index (χ3n) is 5.12. The molecule has 0 aliphatic heterocycles. The van der Waals surface area contributed by atoms with Crippen molar-refractivity contribution < 1.29 is 4.79 Å². The van der Waals surface area contributed by atoms with E-state index in [2.05, 4.69) is 53.1 Å². The number of rotatable bonds is 2. The zero-order valence-electron chi connectivity index (χ0n) is 14.7. The van der Waals surface area contributed by atoms with Crippen LogP contribution in [-0.2, 0) is 6.42 Å². The molecule has 1 aromatic carbocycles. The monoisotopic (exact) mass is 348 g/mol. The summed E-state index contributed by atoms with van der Waals surface area (Å²) < 4.78 is 0. The summed E-state index contributed by atoms with van der Waals surface area (Å²) in [6.45, 7) is 4.30. The van der Waals surface area contributed by atoms with Gasteiger partial charge in [-0.1, -0.05) is 38.1 Å². The molecule has 1 aliphatic carbocycles. The van der Waals surface area contributed by atoms with Gasteiger partial charge in [-0.05, 0) is 34.9 Å². The molecule has 3 N–H and O–H groups in total. The number of nitrogen functional groups attached to an aromatic ring is 1. The van der Waals surface area contributed by atoms with Gasteiger partial charge in [-0.3, -0.25) is 14.6 Å². The number of hydrogen-bond donors (Lipinski definition) is 2. The number of carbonyl (C=O) groups is 1. The minimum absolute atomic E-state index is 0.00908. The third-order valence-corrected chi connectivity index (χ3v) is 5.12. The molecule has 0 saturated carbocycles. The predicted octanol–water partition coefficient (Wildman–Crippen LogP) is 2.94. The van der Waals surface area contributed by atoms with Crippen LogP contribution in [0.5, 0.6) is 0 Å². The van der Waals surface area contributed by atoms with Gasteiger partial charge in [0.05, 0.1) is 5.39 Å². The summed E-state index contributed by atoms with van der Waals surface area (Å²) in [4.78, 5) is 35.9. The van der Waals surface area contributed by atoms with Crippen molar-refractivity contribution in [2.45, 2.75) is 38.5 Å². The van der Waals surface area contributed by atoms with Crippen molar-refractivity contribution in [3.05, 3.63) is 63.1 Å². The molecule has 0 bridgehead atoms. The number of fused-ring (bicyclic) bond motifs is 3. The molecule has 0 saturated heterocycles. The van der Waals surface area contributed by atoms with Crippen LogP contribution in [0.25, 0.3) is 11.0 Å². The van der Waals surface area contributed by atoms with E-state index in [1.165, 1.54) is 11.8 Å². The lowest BCUT2D eigenvalue weighted by Gasteiger charge is -2.24. The summed E-state index contributed by atoms with van der Waals surface area (Å²) in [7, 11) is 0. The molecule has 0 radical (unpaired) electrons. The molecule has 3 aromatic rings. The van der Waals surface area contributed by atoms with E-state index >= 15 is 0 Å². The second-order valence-electron chi connectivity index (χ2n) is 7.15. The van der Waals surface area contributed by atoms with E-state index in [1.54, 1.807) is 0 Å². The van der Waals surface area contributed by atoms with Gasteiger partial charge in [-0.25, -0.2) is 4.98 Å². The highest BCUT2D eigenvalue weighted by Crippen LogP contribution is 2.35. The minimum atomic E-state index is -0.347. The first-order valence-electron chi connectivity index (χ1n) is 8.74. The van der Waals surface area contributed by atoms with Crippen molar-refractivity contribution in [3.8, 4) is 0 Å². The summed E-state index contributed by atoms with van der Waals surface area (Å²) in [5.41, 5.74) is 9.16. The molecule has 0 amide bonds. The van der Waals surface area contributed by atoms with Gasteiger partial charge < -0.3 is 5.73 Å². The van der Waals surface area contributed by atoms with E-state index in [1.807, 2.05) is 0 Å². The molecule has 2 heterocycles. The molecular weight excluding hydrogens is 328 g/mol. The van der Waals surface area contributed by atoms with E-state index in [0.29, 0.717) is 29.7 Å². The average molecular weight is 348 g/mol. The standard InChI is InChI=1S/C20H20N4O2/c1-10(2)11-3-5-12(6-4-11)13-7-14-15(16(25)8-13)9-22-18-17(14)19(26)24-20(21)23-18/h3-6,9-10,13H,7-8H2,1-2H3,(H3,21,22,23,24,26)/t13-/m0/s1. The van der Waals surface area contributed by atoms with Crippen LogP contribution in [0, 0.1) is 0 Å². The Hall–Kier alpha value is -3.02. The molecule has 4 rings (SSSR count). The lowest BCUT2D eigenvalue weighted by atomic mass is 9.79. The van der Waals surface area contributed by atoms with Crippen LogP contribution in [0.15, 0.2) is 35.3 Å². The van der Waals surface area contributed by atoms with Crippen LogP contribution in [0.1, 0.15) is 59.2 Å². The number of Topliss-reactive ketones (excluding diaryl/α,β-unsaturated/α-hetero) is 1. The summed E-state index contributed by atoms with van der Waals surface area (Å²) in [5.74, 6) is 0.536. The number of hydrogen-bond acceptors (Lipinski definition) is 5. The van der Waals surface area contributed by atoms with Crippen molar-refractivity contribution in [2.75, 3.05) is 5.73 Å². The number of ketones is 1. The van der Waals surface area contributed by atoms with Crippen molar-refractivity contribution in [1.82, 2.24) is 15.0 Å². The first-order chi connectivity index (χ1) is 12.4. The lowest BCUT2D eigenvalue weighted by Crippen LogP contribution is -2.23. The predicted molar refractivity (Wildman–Crippen MR) is 100 cm³/mol. The van der Waals surface area contributed by atoms with E-state index in [9.17, 15) is 9.59 Å². The van der Waals surface area contributed by atoms with Gasteiger partial charge >= 0.3 is 0 Å². The summed E-state index contributed by atoms with van der Waals surface area (Å²) in [6.07, 6.45) is 2.54. The number of H-pyrrole nitrogens is 1. The molecule has 1 atom stereocenters. The number of aromatic amines is 1. The Labute approximate surface area is 150 Å². The van der Waals surface area contributed by atoms with Gasteiger partial charge in [0.1, 0.15) is 0 Å². The molecule has 26 heavy (non-hydrogen) atoms. The second-order valence-corrected chi connectivity index (χ2v) is 7.15. The van der Waals surface area contributed by atoms with Crippen LogP contribution < -0.4 is 11.3 Å². The number of nitrogens with zero attached hydrogens (tertiary/aromatic N) is 2. The van der Waals surface area contributed by atoms with Gasteiger partial charge in [0.2, 0.25) is 5.95 Å². The maximum atomic E-state index is 12.7. The Morgan fingerprint density at radius 2 is 1.88 bits per heavy atom. The zero-order valence-corrected chi connectivity index (χ0v) is 14.7. The third kappa shape index (κ3) is 2.67. The quantitative estimate of drug-likeness (QED) is 0.741. The van der Waals surface area contributed by atoms with Crippen molar-refractivity contribution in [1.29, 1.82) is 0 Å². The van der Waals surface area contributed by atoms with Crippen LogP contribution >= 0.6 is 0 Å². The Bertz CT molecular complexity index is 1070. The molecular formula is C20H20N4O2. The Morgan fingerprint density at radius 1 is 1.15 bits per heavy atom. The first-order valence-corrected chi connectivity index (χ1v) is 8.74. The molecule has 0 spiro atoms. The van der Waals surface area contributed by atoms with Gasteiger partial charge in [0.15, 0.2) is 11.4 Å². The maximum absolute atomic E-state index is 12.7. The summed E-state index contributed by atoms with van der Waals surface area (Å²) in [5, 5.41) is 0.369. The highest BCUT2D eigenvalue weighted by molar-refractivity contribution is 6.02. The van der Waals surface area contributed by atoms with Crippen LogP contribution in [0.3, 0.4) is 0 Å². The number of nitrogens with two attached hydrogens (primary N) is 1. The van der Waals surface area contributed by atoms with E-state index in [0.717, 1.165) is 11.1 Å². The van der Waals surface area contributed by atoms with Gasteiger partial charge in [-0.15, -0.1) is 0 Å². The van der Waals surface area contributed by atoms with Crippen LogP contribution in [0.2, 0.25) is 0 Å². The molecule has 2 aromatic heterocycles. The van der Waals surface area contributed by atoms with E-state index in [-0.39, 0.29) is 28.9 Å². The fraction of sp³-hybridized carbons (Fsp3) is 0.300. The maximum Gasteiger partial charge on any atom is 0.262 e.